The van der Waals surface area contributed by atoms with Crippen LogP contribution in [0.5, 0.6) is 0 Å². The summed E-state index contributed by atoms with van der Waals surface area (Å²) in [6.45, 7) is 2.33. The average Bonchev–Trinajstić information content (AvgIpc) is 3.35. The summed E-state index contributed by atoms with van der Waals surface area (Å²) in [5, 5.41) is 9.33. The molecule has 0 spiro atoms. The molecule has 0 bridgehead atoms. The lowest BCUT2D eigenvalue weighted by Crippen LogP contribution is -2.17. The number of para-hydroxylation sites is 1. The van der Waals surface area contributed by atoms with Gasteiger partial charge in [-0.1, -0.05) is 66.7 Å². The highest BCUT2D eigenvalue weighted by molar-refractivity contribution is 5.96. The zero-order chi connectivity index (χ0) is 20.2. The maximum Gasteiger partial charge on any atom is 0.0730 e. The summed E-state index contributed by atoms with van der Waals surface area (Å²) in [6.07, 6.45) is 4.53. The van der Waals surface area contributed by atoms with Crippen molar-refractivity contribution in [2.24, 2.45) is 5.10 Å². The van der Waals surface area contributed by atoms with Crippen LogP contribution in [-0.2, 0) is 0 Å². The van der Waals surface area contributed by atoms with Gasteiger partial charge in [0.2, 0.25) is 0 Å². The van der Waals surface area contributed by atoms with Crippen molar-refractivity contribution in [2.45, 2.75) is 12.8 Å². The van der Waals surface area contributed by atoms with E-state index in [1.54, 1.807) is 0 Å². The molecule has 0 aromatic heterocycles. The summed E-state index contributed by atoms with van der Waals surface area (Å²) >= 11 is 0. The Bertz CT molecular complexity index is 1140. The van der Waals surface area contributed by atoms with Gasteiger partial charge in [-0.05, 0) is 54.1 Å². The van der Waals surface area contributed by atoms with E-state index in [0.717, 1.165) is 30.0 Å². The normalized spacial score (nSPS) is 13.9. The summed E-state index contributed by atoms with van der Waals surface area (Å²) in [5.41, 5.74) is 4.51. The van der Waals surface area contributed by atoms with E-state index < -0.39 is 0 Å². The molecular formula is C27H25N3. The van der Waals surface area contributed by atoms with Gasteiger partial charge in [-0.3, -0.25) is 0 Å². The van der Waals surface area contributed by atoms with Gasteiger partial charge in [-0.15, -0.1) is 0 Å². The van der Waals surface area contributed by atoms with Crippen LogP contribution in [0.15, 0.2) is 102 Å². The molecule has 4 aromatic rings. The highest BCUT2D eigenvalue weighted by Crippen LogP contribution is 2.32. The summed E-state index contributed by atoms with van der Waals surface area (Å²) in [7, 11) is 0. The van der Waals surface area contributed by atoms with Crippen LogP contribution in [0, 0.1) is 0 Å². The lowest BCUT2D eigenvalue weighted by atomic mass is 10.1. The van der Waals surface area contributed by atoms with E-state index in [4.69, 9.17) is 5.10 Å². The van der Waals surface area contributed by atoms with E-state index >= 15 is 0 Å². The zero-order valence-electron chi connectivity index (χ0n) is 17.0. The largest absolute Gasteiger partial charge is 0.372 e. The van der Waals surface area contributed by atoms with Crippen LogP contribution in [0.4, 0.5) is 17.1 Å². The fourth-order valence-electron chi connectivity index (χ4n) is 4.10. The van der Waals surface area contributed by atoms with Gasteiger partial charge in [0, 0.05) is 24.2 Å². The molecule has 1 fully saturated rings. The first-order chi connectivity index (χ1) is 14.9. The Morgan fingerprint density at radius 3 is 2.20 bits per heavy atom. The van der Waals surface area contributed by atoms with Gasteiger partial charge < -0.3 is 4.90 Å². The average molecular weight is 392 g/mol. The maximum absolute atomic E-state index is 4.91. The third-order valence-electron chi connectivity index (χ3n) is 5.68. The van der Waals surface area contributed by atoms with E-state index in [1.165, 1.54) is 29.3 Å². The van der Waals surface area contributed by atoms with Crippen molar-refractivity contribution in [1.29, 1.82) is 0 Å². The fourth-order valence-corrected chi connectivity index (χ4v) is 4.10. The van der Waals surface area contributed by atoms with E-state index in [1.807, 2.05) is 29.4 Å². The number of fused-ring (bicyclic) bond motifs is 1. The summed E-state index contributed by atoms with van der Waals surface area (Å²) in [6, 6.07) is 33.9. The van der Waals surface area contributed by atoms with Crippen molar-refractivity contribution in [3.8, 4) is 0 Å². The Morgan fingerprint density at radius 2 is 1.40 bits per heavy atom. The molecular weight excluding hydrogens is 366 g/mol. The Labute approximate surface area is 177 Å². The fraction of sp³-hybridized carbons (Fsp3) is 0.148. The molecule has 0 saturated carbocycles. The molecule has 1 aliphatic rings. The number of rotatable bonds is 5. The van der Waals surface area contributed by atoms with E-state index in [0.29, 0.717) is 0 Å². The highest BCUT2D eigenvalue weighted by Gasteiger charge is 2.13. The molecule has 1 heterocycles. The Balaban J connectivity index is 1.50. The molecule has 4 aromatic carbocycles. The molecule has 0 unspecified atom stereocenters. The zero-order valence-corrected chi connectivity index (χ0v) is 17.0. The summed E-state index contributed by atoms with van der Waals surface area (Å²) < 4.78 is 0. The molecule has 0 atom stereocenters. The smallest absolute Gasteiger partial charge is 0.0730 e. The van der Waals surface area contributed by atoms with Crippen LogP contribution in [0.2, 0.25) is 0 Å². The lowest BCUT2D eigenvalue weighted by molar-refractivity contribution is 0.949. The van der Waals surface area contributed by atoms with Crippen LogP contribution in [0.3, 0.4) is 0 Å². The molecule has 148 valence electrons. The number of hydrogen-bond acceptors (Lipinski definition) is 3. The topological polar surface area (TPSA) is 18.8 Å². The van der Waals surface area contributed by atoms with Crippen LogP contribution in [0.1, 0.15) is 18.4 Å². The molecule has 30 heavy (non-hydrogen) atoms. The minimum absolute atomic E-state index is 1.04. The molecule has 1 aliphatic heterocycles. The molecule has 0 aliphatic carbocycles. The van der Waals surface area contributed by atoms with Crippen molar-refractivity contribution in [3.63, 3.8) is 0 Å². The van der Waals surface area contributed by atoms with Gasteiger partial charge in [0.1, 0.15) is 0 Å². The monoisotopic (exact) mass is 391 g/mol. The third-order valence-corrected chi connectivity index (χ3v) is 5.68. The van der Waals surface area contributed by atoms with Gasteiger partial charge in [0.05, 0.1) is 17.6 Å². The second-order valence-corrected chi connectivity index (χ2v) is 7.68. The van der Waals surface area contributed by atoms with Gasteiger partial charge in [-0.25, -0.2) is 5.01 Å². The van der Waals surface area contributed by atoms with Crippen molar-refractivity contribution in [2.75, 3.05) is 23.0 Å². The van der Waals surface area contributed by atoms with Gasteiger partial charge >= 0.3 is 0 Å². The summed E-state index contributed by atoms with van der Waals surface area (Å²) in [4.78, 5) is 2.45. The minimum Gasteiger partial charge on any atom is -0.372 e. The van der Waals surface area contributed by atoms with Crippen LogP contribution in [0.25, 0.3) is 10.8 Å². The molecule has 0 N–H and O–H groups in total. The number of benzene rings is 4. The molecule has 0 radical (unpaired) electrons. The van der Waals surface area contributed by atoms with Gasteiger partial charge in [-0.2, -0.15) is 5.10 Å². The van der Waals surface area contributed by atoms with Gasteiger partial charge in [0.15, 0.2) is 0 Å². The van der Waals surface area contributed by atoms with E-state index in [2.05, 4.69) is 83.8 Å². The Kier molecular flexibility index (Phi) is 5.17. The molecule has 3 heteroatoms. The van der Waals surface area contributed by atoms with Crippen LogP contribution < -0.4 is 9.91 Å². The van der Waals surface area contributed by atoms with Crippen molar-refractivity contribution >= 4 is 34.0 Å². The number of hydrogen-bond donors (Lipinski definition) is 0. The van der Waals surface area contributed by atoms with Crippen LogP contribution in [-0.4, -0.2) is 19.3 Å². The van der Waals surface area contributed by atoms with E-state index in [-0.39, 0.29) is 0 Å². The minimum atomic E-state index is 1.04. The number of nitrogens with zero attached hydrogens (tertiary/aromatic N) is 3. The first-order valence-electron chi connectivity index (χ1n) is 10.6. The second-order valence-electron chi connectivity index (χ2n) is 7.68. The van der Waals surface area contributed by atoms with Crippen molar-refractivity contribution in [1.82, 2.24) is 0 Å². The highest BCUT2D eigenvalue weighted by atomic mass is 15.5. The first-order valence-corrected chi connectivity index (χ1v) is 10.6. The molecule has 1 saturated heterocycles. The standard InChI is InChI=1S/C27H25N3/c1-2-11-25(12-3-1)30(27-14-8-10-23-9-4-5-13-26(23)27)28-21-22-15-17-24(18-16-22)29-19-6-7-20-29/h1-5,8-18,21H,6-7,19-20H2/b28-21+. The SMILES string of the molecule is C(=N\N(c1ccccc1)c1cccc2ccccc12)/c1ccc(N2CCCC2)cc1. The predicted octanol–water partition coefficient (Wildman–Crippen LogP) is 6.61. The third kappa shape index (κ3) is 3.79. The predicted molar refractivity (Wildman–Crippen MR) is 128 cm³/mol. The van der Waals surface area contributed by atoms with Crippen LogP contribution >= 0.6 is 0 Å². The molecule has 3 nitrogen and oxygen atoms in total. The van der Waals surface area contributed by atoms with E-state index in [9.17, 15) is 0 Å². The molecule has 0 amide bonds. The number of hydrazone groups is 1. The first kappa shape index (κ1) is 18.4. The van der Waals surface area contributed by atoms with Gasteiger partial charge in [0.25, 0.3) is 0 Å². The second kappa shape index (κ2) is 8.42. The summed E-state index contributed by atoms with van der Waals surface area (Å²) in [5.74, 6) is 0. The molecule has 5 rings (SSSR count). The maximum atomic E-state index is 4.91. The Hall–Kier alpha value is -3.59. The number of anilines is 3. The Morgan fingerprint density at radius 1 is 0.700 bits per heavy atom. The van der Waals surface area contributed by atoms with Crippen molar-refractivity contribution < 1.29 is 0 Å². The quantitative estimate of drug-likeness (QED) is 0.281. The van der Waals surface area contributed by atoms with Crippen molar-refractivity contribution in [3.05, 3.63) is 103 Å². The lowest BCUT2D eigenvalue weighted by Gasteiger charge is -2.21.